The van der Waals surface area contributed by atoms with Crippen molar-refractivity contribution in [3.63, 3.8) is 0 Å². The number of benzene rings is 1. The topological polar surface area (TPSA) is 40.6 Å². The molecule has 0 radical (unpaired) electrons. The van der Waals surface area contributed by atoms with Gasteiger partial charge in [-0.2, -0.15) is 0 Å². The van der Waals surface area contributed by atoms with E-state index in [1.54, 1.807) is 4.90 Å². The van der Waals surface area contributed by atoms with Crippen molar-refractivity contribution in [2.45, 2.75) is 32.1 Å². The smallest absolute Gasteiger partial charge is 0.266 e. The lowest BCUT2D eigenvalue weighted by Gasteiger charge is -2.22. The average Bonchev–Trinajstić information content (AvgIpc) is 2.82. The second kappa shape index (κ2) is 9.15. The lowest BCUT2D eigenvalue weighted by atomic mass is 10.2. The molecule has 0 N–H and O–H groups in total. The molecule has 1 aromatic carbocycles. The lowest BCUT2D eigenvalue weighted by molar-refractivity contribution is -0.131. The zero-order chi connectivity index (χ0) is 18.5. The number of carbonyl (C=O) groups is 2. The average molecular weight is 453 g/mol. The minimum atomic E-state index is -0.108. The third-order valence-corrected chi connectivity index (χ3v) is 6.40. The first-order chi connectivity index (χ1) is 12.5. The van der Waals surface area contributed by atoms with Gasteiger partial charge < -0.3 is 4.90 Å². The molecule has 0 aliphatic carbocycles. The van der Waals surface area contributed by atoms with Crippen molar-refractivity contribution in [1.82, 2.24) is 9.80 Å². The summed E-state index contributed by atoms with van der Waals surface area (Å²) in [5, 5.41) is 0. The summed E-state index contributed by atoms with van der Waals surface area (Å²) < 4.78 is 1.49. The number of thioether (sulfide) groups is 1. The first kappa shape index (κ1) is 19.6. The summed E-state index contributed by atoms with van der Waals surface area (Å²) in [6, 6.07) is 7.77. The monoisotopic (exact) mass is 452 g/mol. The van der Waals surface area contributed by atoms with E-state index in [1.165, 1.54) is 24.6 Å². The van der Waals surface area contributed by atoms with Crippen LogP contribution in [-0.4, -0.2) is 45.6 Å². The highest BCUT2D eigenvalue weighted by Crippen LogP contribution is 2.33. The molecule has 1 aromatic rings. The van der Waals surface area contributed by atoms with E-state index in [0.29, 0.717) is 22.2 Å². The number of amides is 2. The molecule has 0 aromatic heterocycles. The second-order valence-electron chi connectivity index (χ2n) is 6.43. The molecule has 2 amide bonds. The standard InChI is InChI=1S/C19H21BrN2O2S2/c20-15-7-5-6-14(12-15)13-16-18(24)22(19(25)26-16)11-8-17(23)21-9-3-1-2-4-10-21/h5-7,12-13H,1-4,8-11H2/b16-13-. The predicted octanol–water partition coefficient (Wildman–Crippen LogP) is 4.44. The van der Waals surface area contributed by atoms with Crippen molar-refractivity contribution in [1.29, 1.82) is 0 Å². The Morgan fingerprint density at radius 1 is 1.23 bits per heavy atom. The van der Waals surface area contributed by atoms with Crippen molar-refractivity contribution in [3.8, 4) is 0 Å². The highest BCUT2D eigenvalue weighted by atomic mass is 79.9. The number of rotatable bonds is 4. The summed E-state index contributed by atoms with van der Waals surface area (Å²) >= 11 is 10.1. The summed E-state index contributed by atoms with van der Waals surface area (Å²) in [7, 11) is 0. The van der Waals surface area contributed by atoms with Crippen LogP contribution in [0.5, 0.6) is 0 Å². The number of hydrogen-bond donors (Lipinski definition) is 0. The summed E-state index contributed by atoms with van der Waals surface area (Å²) in [5.74, 6) is 0.0144. The van der Waals surface area contributed by atoms with Crippen molar-refractivity contribution in [3.05, 3.63) is 39.2 Å². The van der Waals surface area contributed by atoms with Crippen molar-refractivity contribution < 1.29 is 9.59 Å². The van der Waals surface area contributed by atoms with Crippen molar-refractivity contribution in [2.75, 3.05) is 19.6 Å². The molecule has 26 heavy (non-hydrogen) atoms. The molecule has 0 atom stereocenters. The molecule has 2 fully saturated rings. The van der Waals surface area contributed by atoms with Gasteiger partial charge in [0.2, 0.25) is 5.91 Å². The van der Waals surface area contributed by atoms with Gasteiger partial charge in [-0.25, -0.2) is 0 Å². The first-order valence-corrected chi connectivity index (χ1v) is 10.8. The van der Waals surface area contributed by atoms with Crippen LogP contribution in [0.2, 0.25) is 0 Å². The summed E-state index contributed by atoms with van der Waals surface area (Å²) in [6.45, 7) is 2.02. The van der Waals surface area contributed by atoms with Gasteiger partial charge in [0.25, 0.3) is 5.91 Å². The van der Waals surface area contributed by atoms with Crippen LogP contribution in [0, 0.1) is 0 Å². The minimum Gasteiger partial charge on any atom is -0.343 e. The largest absolute Gasteiger partial charge is 0.343 e. The van der Waals surface area contributed by atoms with Gasteiger partial charge in [-0.3, -0.25) is 14.5 Å². The molecule has 0 bridgehead atoms. The molecule has 7 heteroatoms. The number of carbonyl (C=O) groups excluding carboxylic acids is 2. The van der Waals surface area contributed by atoms with Crippen LogP contribution in [0.15, 0.2) is 33.6 Å². The van der Waals surface area contributed by atoms with E-state index < -0.39 is 0 Å². The normalized spacial score (nSPS) is 20.0. The number of thiocarbonyl (C=S) groups is 1. The zero-order valence-corrected chi connectivity index (χ0v) is 17.7. The van der Waals surface area contributed by atoms with Crippen LogP contribution in [0.1, 0.15) is 37.7 Å². The van der Waals surface area contributed by atoms with Crippen molar-refractivity contribution in [2.24, 2.45) is 0 Å². The van der Waals surface area contributed by atoms with Crippen LogP contribution in [0.25, 0.3) is 6.08 Å². The fraction of sp³-hybridized carbons (Fsp3) is 0.421. The Balaban J connectivity index is 1.61. The molecule has 2 saturated heterocycles. The summed E-state index contributed by atoms with van der Waals surface area (Å²) in [6.07, 6.45) is 6.71. The van der Waals surface area contributed by atoms with E-state index in [0.717, 1.165) is 36.0 Å². The van der Waals surface area contributed by atoms with Gasteiger partial charge in [-0.15, -0.1) is 0 Å². The zero-order valence-electron chi connectivity index (χ0n) is 14.4. The number of nitrogens with zero attached hydrogens (tertiary/aromatic N) is 2. The highest BCUT2D eigenvalue weighted by molar-refractivity contribution is 9.10. The molecule has 138 valence electrons. The third kappa shape index (κ3) is 4.96. The molecule has 2 aliphatic rings. The number of halogens is 1. The fourth-order valence-electron chi connectivity index (χ4n) is 3.13. The van der Waals surface area contributed by atoms with Crippen LogP contribution >= 0.6 is 39.9 Å². The Hall–Kier alpha value is -1.18. The van der Waals surface area contributed by atoms with Crippen LogP contribution in [0.3, 0.4) is 0 Å². The Bertz CT molecular complexity index is 743. The minimum absolute atomic E-state index is 0.108. The van der Waals surface area contributed by atoms with E-state index in [-0.39, 0.29) is 11.8 Å². The molecular weight excluding hydrogens is 432 g/mol. The predicted molar refractivity (Wildman–Crippen MR) is 114 cm³/mol. The van der Waals surface area contributed by atoms with E-state index >= 15 is 0 Å². The van der Waals surface area contributed by atoms with Gasteiger partial charge in [-0.05, 0) is 36.6 Å². The van der Waals surface area contributed by atoms with E-state index in [9.17, 15) is 9.59 Å². The van der Waals surface area contributed by atoms with Gasteiger partial charge in [0.15, 0.2) is 0 Å². The van der Waals surface area contributed by atoms with Crippen LogP contribution < -0.4 is 0 Å². The van der Waals surface area contributed by atoms with Gasteiger partial charge in [-0.1, -0.05) is 64.9 Å². The lowest BCUT2D eigenvalue weighted by Crippen LogP contribution is -2.36. The molecule has 4 nitrogen and oxygen atoms in total. The van der Waals surface area contributed by atoms with Gasteiger partial charge in [0, 0.05) is 30.5 Å². The van der Waals surface area contributed by atoms with E-state index in [2.05, 4.69) is 15.9 Å². The molecule has 0 unspecified atom stereocenters. The maximum atomic E-state index is 12.7. The SMILES string of the molecule is O=C(CCN1C(=O)/C(=C/c2cccc(Br)c2)SC1=S)N1CCCCCC1. The maximum absolute atomic E-state index is 12.7. The van der Waals surface area contributed by atoms with Crippen LogP contribution in [-0.2, 0) is 9.59 Å². The Morgan fingerprint density at radius 2 is 1.96 bits per heavy atom. The van der Waals surface area contributed by atoms with E-state index in [1.807, 2.05) is 35.2 Å². The van der Waals surface area contributed by atoms with Gasteiger partial charge in [0.1, 0.15) is 4.32 Å². The Kier molecular flexibility index (Phi) is 6.89. The van der Waals surface area contributed by atoms with Crippen molar-refractivity contribution >= 4 is 62.1 Å². The highest BCUT2D eigenvalue weighted by Gasteiger charge is 2.32. The first-order valence-electron chi connectivity index (χ1n) is 8.83. The van der Waals surface area contributed by atoms with Crippen LogP contribution in [0.4, 0.5) is 0 Å². The molecular formula is C19H21BrN2O2S2. The molecule has 0 spiro atoms. The third-order valence-electron chi connectivity index (χ3n) is 4.53. The Morgan fingerprint density at radius 3 is 2.65 bits per heavy atom. The molecule has 2 heterocycles. The maximum Gasteiger partial charge on any atom is 0.266 e. The second-order valence-corrected chi connectivity index (χ2v) is 9.02. The molecule has 2 aliphatic heterocycles. The quantitative estimate of drug-likeness (QED) is 0.499. The summed E-state index contributed by atoms with van der Waals surface area (Å²) in [5.41, 5.74) is 0.945. The number of likely N-dealkylation sites (tertiary alicyclic amines) is 1. The van der Waals surface area contributed by atoms with E-state index in [4.69, 9.17) is 12.2 Å². The molecule has 3 rings (SSSR count). The number of hydrogen-bond acceptors (Lipinski definition) is 4. The summed E-state index contributed by atoms with van der Waals surface area (Å²) in [4.78, 5) is 29.2. The van der Waals surface area contributed by atoms with Gasteiger partial charge >= 0.3 is 0 Å². The molecule has 0 saturated carbocycles. The Labute approximate surface area is 172 Å². The van der Waals surface area contributed by atoms with Gasteiger partial charge in [0.05, 0.1) is 4.91 Å². The fourth-order valence-corrected chi connectivity index (χ4v) is 4.85.